The van der Waals surface area contributed by atoms with Crippen LogP contribution in [0.5, 0.6) is 0 Å². The summed E-state index contributed by atoms with van der Waals surface area (Å²) < 4.78 is 5.04. The molecule has 1 unspecified atom stereocenters. The zero-order valence-electron chi connectivity index (χ0n) is 9.77. The van der Waals surface area contributed by atoms with E-state index in [0.29, 0.717) is 13.0 Å². The molecule has 2 N–H and O–H groups in total. The molecule has 0 fully saturated rings. The molecular weight excluding hydrogens is 204 g/mol. The van der Waals surface area contributed by atoms with Gasteiger partial charge < -0.3 is 10.5 Å². The van der Waals surface area contributed by atoms with E-state index in [9.17, 15) is 4.79 Å². The van der Waals surface area contributed by atoms with E-state index in [2.05, 4.69) is 4.98 Å². The second kappa shape index (κ2) is 5.61. The third-order valence-electron chi connectivity index (χ3n) is 2.56. The molecule has 1 aromatic rings. The summed E-state index contributed by atoms with van der Waals surface area (Å²) in [6.45, 7) is 4.27. The number of hydrogen-bond donors (Lipinski definition) is 1. The molecule has 0 saturated heterocycles. The third kappa shape index (κ3) is 3.03. The van der Waals surface area contributed by atoms with Crippen LogP contribution in [0.2, 0.25) is 0 Å². The SMILES string of the molecule is CCOC(=O)C(C)(CN)Cc1ccncc1. The lowest BCUT2D eigenvalue weighted by atomic mass is 9.84. The van der Waals surface area contributed by atoms with Gasteiger partial charge in [-0.05, 0) is 38.0 Å². The van der Waals surface area contributed by atoms with Crippen LogP contribution in [0, 0.1) is 5.41 Å². The molecule has 1 rings (SSSR count). The number of hydrogen-bond acceptors (Lipinski definition) is 4. The van der Waals surface area contributed by atoms with Crippen LogP contribution in [0.15, 0.2) is 24.5 Å². The van der Waals surface area contributed by atoms with Crippen LogP contribution < -0.4 is 5.73 Å². The van der Waals surface area contributed by atoms with Crippen molar-refractivity contribution < 1.29 is 9.53 Å². The molecule has 0 bridgehead atoms. The molecule has 0 aliphatic heterocycles. The first-order valence-corrected chi connectivity index (χ1v) is 5.38. The van der Waals surface area contributed by atoms with E-state index in [1.54, 1.807) is 19.3 Å². The highest BCUT2D eigenvalue weighted by atomic mass is 16.5. The molecular formula is C12H18N2O2. The number of aromatic nitrogens is 1. The Labute approximate surface area is 95.8 Å². The Kier molecular flexibility index (Phi) is 4.43. The van der Waals surface area contributed by atoms with Crippen molar-refractivity contribution in [2.45, 2.75) is 20.3 Å². The van der Waals surface area contributed by atoms with Gasteiger partial charge in [0.15, 0.2) is 0 Å². The summed E-state index contributed by atoms with van der Waals surface area (Å²) in [6.07, 6.45) is 3.99. The highest BCUT2D eigenvalue weighted by Gasteiger charge is 2.33. The van der Waals surface area contributed by atoms with Gasteiger partial charge in [-0.3, -0.25) is 9.78 Å². The Morgan fingerprint density at radius 2 is 2.12 bits per heavy atom. The number of ether oxygens (including phenoxy) is 1. The second-order valence-corrected chi connectivity index (χ2v) is 4.02. The highest BCUT2D eigenvalue weighted by molar-refractivity contribution is 5.77. The Bertz CT molecular complexity index is 340. The molecule has 88 valence electrons. The Morgan fingerprint density at radius 1 is 1.50 bits per heavy atom. The average Bonchev–Trinajstić information content (AvgIpc) is 2.30. The summed E-state index contributed by atoms with van der Waals surface area (Å²) in [6, 6.07) is 3.76. The van der Waals surface area contributed by atoms with E-state index < -0.39 is 5.41 Å². The molecule has 0 aliphatic rings. The molecule has 0 saturated carbocycles. The Balaban J connectivity index is 2.78. The summed E-state index contributed by atoms with van der Waals surface area (Å²) in [5.41, 5.74) is 6.05. The quantitative estimate of drug-likeness (QED) is 0.759. The monoisotopic (exact) mass is 222 g/mol. The normalized spacial score (nSPS) is 14.2. The van der Waals surface area contributed by atoms with Crippen molar-refractivity contribution in [2.75, 3.05) is 13.2 Å². The van der Waals surface area contributed by atoms with Crippen molar-refractivity contribution >= 4 is 5.97 Å². The smallest absolute Gasteiger partial charge is 0.313 e. The molecule has 0 radical (unpaired) electrons. The zero-order valence-corrected chi connectivity index (χ0v) is 9.77. The molecule has 1 heterocycles. The van der Waals surface area contributed by atoms with Gasteiger partial charge in [0, 0.05) is 18.9 Å². The molecule has 0 amide bonds. The van der Waals surface area contributed by atoms with Crippen molar-refractivity contribution in [3.63, 3.8) is 0 Å². The molecule has 0 aliphatic carbocycles. The van der Waals surface area contributed by atoms with E-state index >= 15 is 0 Å². The topological polar surface area (TPSA) is 65.2 Å². The standard InChI is InChI=1S/C12H18N2O2/c1-3-16-11(15)12(2,9-13)8-10-4-6-14-7-5-10/h4-7H,3,8-9,13H2,1-2H3. The molecule has 0 aromatic carbocycles. The maximum Gasteiger partial charge on any atom is 0.313 e. The van der Waals surface area contributed by atoms with E-state index in [1.165, 1.54) is 0 Å². The number of pyridine rings is 1. The predicted molar refractivity (Wildman–Crippen MR) is 61.7 cm³/mol. The summed E-state index contributed by atoms with van der Waals surface area (Å²) >= 11 is 0. The Hall–Kier alpha value is -1.42. The molecule has 0 spiro atoms. The molecule has 4 heteroatoms. The van der Waals surface area contributed by atoms with Crippen LogP contribution in [-0.4, -0.2) is 24.1 Å². The van der Waals surface area contributed by atoms with Crippen LogP contribution in [0.3, 0.4) is 0 Å². The second-order valence-electron chi connectivity index (χ2n) is 4.02. The van der Waals surface area contributed by atoms with Gasteiger partial charge in [-0.15, -0.1) is 0 Å². The predicted octanol–water partition coefficient (Wildman–Crippen LogP) is 1.15. The lowest BCUT2D eigenvalue weighted by molar-refractivity contribution is -0.153. The fraction of sp³-hybridized carbons (Fsp3) is 0.500. The van der Waals surface area contributed by atoms with Crippen molar-refractivity contribution in [1.82, 2.24) is 4.98 Å². The first-order valence-electron chi connectivity index (χ1n) is 5.38. The number of rotatable bonds is 5. The van der Waals surface area contributed by atoms with Gasteiger partial charge in [-0.25, -0.2) is 0 Å². The number of nitrogens with zero attached hydrogens (tertiary/aromatic N) is 1. The Morgan fingerprint density at radius 3 is 2.62 bits per heavy atom. The van der Waals surface area contributed by atoms with E-state index in [4.69, 9.17) is 10.5 Å². The van der Waals surface area contributed by atoms with Gasteiger partial charge in [-0.2, -0.15) is 0 Å². The van der Waals surface area contributed by atoms with Crippen LogP contribution in [0.25, 0.3) is 0 Å². The summed E-state index contributed by atoms with van der Waals surface area (Å²) in [4.78, 5) is 15.7. The van der Waals surface area contributed by atoms with Gasteiger partial charge in [0.1, 0.15) is 0 Å². The zero-order chi connectivity index (χ0) is 12.0. The van der Waals surface area contributed by atoms with Crippen molar-refractivity contribution in [3.05, 3.63) is 30.1 Å². The van der Waals surface area contributed by atoms with Crippen molar-refractivity contribution in [1.29, 1.82) is 0 Å². The van der Waals surface area contributed by atoms with E-state index in [-0.39, 0.29) is 12.5 Å². The van der Waals surface area contributed by atoms with Gasteiger partial charge in [0.05, 0.1) is 12.0 Å². The summed E-state index contributed by atoms with van der Waals surface area (Å²) in [5.74, 6) is -0.241. The third-order valence-corrected chi connectivity index (χ3v) is 2.56. The fourth-order valence-electron chi connectivity index (χ4n) is 1.48. The number of nitrogens with two attached hydrogens (primary N) is 1. The minimum Gasteiger partial charge on any atom is -0.466 e. The van der Waals surface area contributed by atoms with Crippen LogP contribution in [0.1, 0.15) is 19.4 Å². The van der Waals surface area contributed by atoms with Gasteiger partial charge in [0.2, 0.25) is 0 Å². The summed E-state index contributed by atoms with van der Waals surface area (Å²) in [7, 11) is 0. The minimum atomic E-state index is -0.655. The number of carbonyl (C=O) groups is 1. The lowest BCUT2D eigenvalue weighted by Crippen LogP contribution is -2.39. The van der Waals surface area contributed by atoms with Crippen molar-refractivity contribution in [3.8, 4) is 0 Å². The van der Waals surface area contributed by atoms with Crippen LogP contribution in [-0.2, 0) is 16.0 Å². The maximum absolute atomic E-state index is 11.8. The molecule has 16 heavy (non-hydrogen) atoms. The minimum absolute atomic E-state index is 0.241. The van der Waals surface area contributed by atoms with Crippen LogP contribution in [0.4, 0.5) is 0 Å². The number of esters is 1. The van der Waals surface area contributed by atoms with E-state index in [1.807, 2.05) is 19.1 Å². The van der Waals surface area contributed by atoms with E-state index in [0.717, 1.165) is 5.56 Å². The largest absolute Gasteiger partial charge is 0.466 e. The number of carbonyl (C=O) groups excluding carboxylic acids is 1. The fourth-order valence-corrected chi connectivity index (χ4v) is 1.48. The van der Waals surface area contributed by atoms with Crippen LogP contribution >= 0.6 is 0 Å². The first-order chi connectivity index (χ1) is 7.62. The molecule has 1 atom stereocenters. The first kappa shape index (κ1) is 12.6. The molecule has 4 nitrogen and oxygen atoms in total. The van der Waals surface area contributed by atoms with Gasteiger partial charge >= 0.3 is 5.97 Å². The van der Waals surface area contributed by atoms with Gasteiger partial charge in [0.25, 0.3) is 0 Å². The van der Waals surface area contributed by atoms with Gasteiger partial charge in [-0.1, -0.05) is 0 Å². The molecule has 1 aromatic heterocycles. The highest BCUT2D eigenvalue weighted by Crippen LogP contribution is 2.22. The average molecular weight is 222 g/mol. The lowest BCUT2D eigenvalue weighted by Gasteiger charge is -2.25. The van der Waals surface area contributed by atoms with Crippen molar-refractivity contribution in [2.24, 2.45) is 11.1 Å². The maximum atomic E-state index is 11.8. The summed E-state index contributed by atoms with van der Waals surface area (Å²) in [5, 5.41) is 0.